The maximum atomic E-state index is 12.8. The molecule has 1 aliphatic rings. The van der Waals surface area contributed by atoms with Crippen LogP contribution in [0.2, 0.25) is 0 Å². The predicted octanol–water partition coefficient (Wildman–Crippen LogP) is 9.18. The first-order valence-electron chi connectivity index (χ1n) is 20.6. The predicted molar refractivity (Wildman–Crippen MR) is 222 cm³/mol. The Balaban J connectivity index is 1.43. The Labute approximate surface area is 343 Å². The minimum absolute atomic E-state index is 0.249. The first-order chi connectivity index (χ1) is 28.4. The normalized spacial score (nSPS) is 12.6. The molecule has 0 spiro atoms. The van der Waals surface area contributed by atoms with Crippen molar-refractivity contribution in [2.24, 2.45) is 5.92 Å². The number of benzene rings is 3. The molecule has 1 aliphatic heterocycles. The molecule has 0 aliphatic carbocycles. The van der Waals surface area contributed by atoms with Crippen molar-refractivity contribution < 1.29 is 52.3 Å². The van der Waals surface area contributed by atoms with E-state index in [2.05, 4.69) is 20.1 Å². The van der Waals surface area contributed by atoms with Crippen molar-refractivity contribution in [1.82, 2.24) is 0 Å². The van der Waals surface area contributed by atoms with E-state index in [1.165, 1.54) is 12.8 Å². The van der Waals surface area contributed by atoms with Crippen LogP contribution in [-0.2, 0) is 46.4 Å². The highest BCUT2D eigenvalue weighted by Gasteiger charge is 2.21. The molecule has 3 aromatic carbocycles. The molecular weight excluding hydrogens is 741 g/mol. The van der Waals surface area contributed by atoms with Crippen molar-refractivity contribution in [2.75, 3.05) is 52.9 Å². The van der Waals surface area contributed by atoms with Crippen LogP contribution in [0.3, 0.4) is 0 Å². The van der Waals surface area contributed by atoms with Crippen LogP contribution >= 0.6 is 0 Å². The number of hydrogen-bond donors (Lipinski definition) is 0. The summed E-state index contributed by atoms with van der Waals surface area (Å²) in [5.41, 5.74) is 3.85. The largest absolute Gasteiger partial charge is 0.490 e. The number of carbonyl (C=O) groups excluding carboxylic acids is 3. The number of aryl methyl sites for hydroxylation is 1. The maximum absolute atomic E-state index is 12.8. The molecule has 1 saturated heterocycles. The summed E-state index contributed by atoms with van der Waals surface area (Å²) in [4.78, 5) is 35.7. The van der Waals surface area contributed by atoms with Gasteiger partial charge in [-0.15, -0.1) is 0 Å². The number of ether oxygens (including phenoxy) is 8. The quantitative estimate of drug-likeness (QED) is 0.0302. The Morgan fingerprint density at radius 2 is 1.26 bits per heavy atom. The summed E-state index contributed by atoms with van der Waals surface area (Å²) in [6, 6.07) is 19.3. The van der Waals surface area contributed by atoms with Crippen LogP contribution in [0.15, 0.2) is 86.0 Å². The molecule has 314 valence electrons. The fourth-order valence-electron chi connectivity index (χ4n) is 6.04. The second kappa shape index (κ2) is 26.7. The molecule has 0 bridgehead atoms. The van der Waals surface area contributed by atoms with Gasteiger partial charge in [-0.1, -0.05) is 69.3 Å². The minimum Gasteiger partial charge on any atom is -0.490 e. The van der Waals surface area contributed by atoms with E-state index in [1.807, 2.05) is 48.5 Å². The molecule has 1 fully saturated rings. The fraction of sp³-hybridized carbons (Fsp3) is 0.468. The van der Waals surface area contributed by atoms with Gasteiger partial charge in [-0.3, -0.25) is 4.79 Å². The van der Waals surface area contributed by atoms with E-state index in [-0.39, 0.29) is 25.6 Å². The highest BCUT2D eigenvalue weighted by Crippen LogP contribution is 2.43. The van der Waals surface area contributed by atoms with Gasteiger partial charge in [0.05, 0.1) is 39.6 Å². The summed E-state index contributed by atoms with van der Waals surface area (Å²) in [6.07, 6.45) is 10.8. The Morgan fingerprint density at radius 1 is 0.690 bits per heavy atom. The SMILES string of the molecule is C=CC(=O)OCCCCOc1cc(-c2ccc(OC(=O)CCc3ccc(COCCCCC)cc3)cc2)cc(OCCCCOC(=O)C=C)c1OCC1CCOCC1. The third kappa shape index (κ3) is 17.2. The molecule has 11 heteroatoms. The van der Waals surface area contributed by atoms with Crippen LogP contribution in [-0.4, -0.2) is 70.8 Å². The molecule has 0 aromatic heterocycles. The number of unbranched alkanes of at least 4 members (excludes halogenated alkanes) is 4. The molecule has 4 rings (SSSR count). The van der Waals surface area contributed by atoms with Crippen molar-refractivity contribution in [3.8, 4) is 34.1 Å². The molecule has 0 saturated carbocycles. The monoisotopic (exact) mass is 800 g/mol. The number of esters is 3. The molecule has 3 aromatic rings. The van der Waals surface area contributed by atoms with Crippen molar-refractivity contribution in [3.63, 3.8) is 0 Å². The first kappa shape index (κ1) is 45.6. The van der Waals surface area contributed by atoms with E-state index in [1.54, 1.807) is 12.1 Å². The van der Waals surface area contributed by atoms with Crippen molar-refractivity contribution in [3.05, 3.63) is 97.1 Å². The van der Waals surface area contributed by atoms with Gasteiger partial charge in [-0.2, -0.15) is 0 Å². The van der Waals surface area contributed by atoms with E-state index in [0.717, 1.165) is 60.3 Å². The Bertz CT molecular complexity index is 1640. The van der Waals surface area contributed by atoms with Crippen LogP contribution in [0.5, 0.6) is 23.0 Å². The zero-order valence-electron chi connectivity index (χ0n) is 34.1. The molecule has 0 N–H and O–H groups in total. The van der Waals surface area contributed by atoms with Gasteiger partial charge in [-0.25, -0.2) is 9.59 Å². The average Bonchev–Trinajstić information content (AvgIpc) is 3.25. The zero-order chi connectivity index (χ0) is 41.2. The van der Waals surface area contributed by atoms with Gasteiger partial charge >= 0.3 is 17.9 Å². The third-order valence-electron chi connectivity index (χ3n) is 9.46. The van der Waals surface area contributed by atoms with Crippen molar-refractivity contribution >= 4 is 17.9 Å². The smallest absolute Gasteiger partial charge is 0.330 e. The van der Waals surface area contributed by atoms with Crippen LogP contribution in [0.25, 0.3) is 11.1 Å². The Hall–Kier alpha value is -5.13. The van der Waals surface area contributed by atoms with Gasteiger partial charge < -0.3 is 37.9 Å². The lowest BCUT2D eigenvalue weighted by molar-refractivity contribution is -0.138. The lowest BCUT2D eigenvalue weighted by atomic mass is 10.0. The number of hydrogen-bond acceptors (Lipinski definition) is 11. The summed E-state index contributed by atoms with van der Waals surface area (Å²) in [6.45, 7) is 13.5. The Morgan fingerprint density at radius 3 is 1.84 bits per heavy atom. The van der Waals surface area contributed by atoms with Gasteiger partial charge in [-0.05, 0) is 104 Å². The summed E-state index contributed by atoms with van der Waals surface area (Å²) in [7, 11) is 0. The second-order valence-electron chi connectivity index (χ2n) is 14.1. The molecular formula is C47H60O11. The standard InChI is InChI=1S/C47H60O11/c1-4-7-8-25-52-34-37-15-13-36(14-16-37)17-22-46(50)58-41-20-18-39(19-21-41)40-32-42(53-26-9-11-28-55-44(48)5-2)47(57-35-38-23-30-51-31-24-38)43(33-40)54-27-10-12-29-56-45(49)6-3/h5-6,13-16,18-21,32-33,38H,2-4,7-12,17,22-31,34-35H2,1H3. The summed E-state index contributed by atoms with van der Waals surface area (Å²) in [5.74, 6) is 1.08. The van der Waals surface area contributed by atoms with Crippen LogP contribution in [0, 0.1) is 5.92 Å². The van der Waals surface area contributed by atoms with Crippen LogP contribution in [0.1, 0.15) is 82.3 Å². The fourth-order valence-corrected chi connectivity index (χ4v) is 6.04. The zero-order valence-corrected chi connectivity index (χ0v) is 34.1. The number of rotatable bonds is 28. The minimum atomic E-state index is -0.459. The summed E-state index contributed by atoms with van der Waals surface area (Å²) >= 11 is 0. The van der Waals surface area contributed by atoms with Crippen molar-refractivity contribution in [1.29, 1.82) is 0 Å². The lowest BCUT2D eigenvalue weighted by Gasteiger charge is -2.24. The summed E-state index contributed by atoms with van der Waals surface area (Å²) < 4.78 is 46.4. The van der Waals surface area contributed by atoms with Crippen molar-refractivity contribution in [2.45, 2.75) is 84.2 Å². The van der Waals surface area contributed by atoms with E-state index >= 15 is 0 Å². The van der Waals surface area contributed by atoms with E-state index in [9.17, 15) is 14.4 Å². The highest BCUT2D eigenvalue weighted by atomic mass is 16.6. The lowest BCUT2D eigenvalue weighted by Crippen LogP contribution is -2.21. The van der Waals surface area contributed by atoms with Gasteiger partial charge in [0, 0.05) is 38.4 Å². The topological polar surface area (TPSA) is 125 Å². The Kier molecular flexibility index (Phi) is 21.0. The third-order valence-corrected chi connectivity index (χ3v) is 9.46. The van der Waals surface area contributed by atoms with Crippen LogP contribution in [0.4, 0.5) is 0 Å². The van der Waals surface area contributed by atoms with Gasteiger partial charge in [0.15, 0.2) is 11.5 Å². The van der Waals surface area contributed by atoms with Gasteiger partial charge in [0.1, 0.15) is 5.75 Å². The number of carbonyl (C=O) groups is 3. The molecule has 0 atom stereocenters. The van der Waals surface area contributed by atoms with Gasteiger partial charge in [0.2, 0.25) is 5.75 Å². The molecule has 0 amide bonds. The average molecular weight is 801 g/mol. The van der Waals surface area contributed by atoms with Crippen LogP contribution < -0.4 is 18.9 Å². The molecule has 11 nitrogen and oxygen atoms in total. The molecule has 0 unspecified atom stereocenters. The molecule has 58 heavy (non-hydrogen) atoms. The van der Waals surface area contributed by atoms with E-state index in [4.69, 9.17) is 37.9 Å². The summed E-state index contributed by atoms with van der Waals surface area (Å²) in [5, 5.41) is 0. The van der Waals surface area contributed by atoms with Gasteiger partial charge in [0.25, 0.3) is 0 Å². The van der Waals surface area contributed by atoms with E-state index in [0.29, 0.717) is 101 Å². The maximum Gasteiger partial charge on any atom is 0.330 e. The first-order valence-corrected chi connectivity index (χ1v) is 20.6. The highest BCUT2D eigenvalue weighted by molar-refractivity contribution is 5.81. The molecule has 1 heterocycles. The molecule has 0 radical (unpaired) electrons. The second-order valence-corrected chi connectivity index (χ2v) is 14.1. The van der Waals surface area contributed by atoms with E-state index < -0.39 is 11.9 Å².